The van der Waals surface area contributed by atoms with Crippen molar-refractivity contribution in [1.29, 1.82) is 0 Å². The van der Waals surface area contributed by atoms with Crippen LogP contribution in [0.1, 0.15) is 18.4 Å². The van der Waals surface area contributed by atoms with Crippen molar-refractivity contribution in [3.05, 3.63) is 28.8 Å². The highest BCUT2D eigenvalue weighted by atomic mass is 35.5. The molecule has 82 valence electrons. The number of benzene rings is 1. The van der Waals surface area contributed by atoms with Gasteiger partial charge in [0.1, 0.15) is 0 Å². The first-order chi connectivity index (χ1) is 7.29. The molecule has 1 aliphatic heterocycles. The number of nitrogens with one attached hydrogen (secondary N) is 1. The third-order valence-corrected chi connectivity index (χ3v) is 3.10. The fourth-order valence-corrected chi connectivity index (χ4v) is 2.17. The number of ether oxygens (including phenoxy) is 1. The molecule has 0 saturated carbocycles. The van der Waals surface area contributed by atoms with Crippen LogP contribution in [0.2, 0.25) is 5.02 Å². The molecule has 2 nitrogen and oxygen atoms in total. The summed E-state index contributed by atoms with van der Waals surface area (Å²) < 4.78 is 5.09. The summed E-state index contributed by atoms with van der Waals surface area (Å²) in [6, 6.07) is 6.60. The highest BCUT2D eigenvalue weighted by Crippen LogP contribution is 2.28. The minimum atomic E-state index is 0.524. The number of aryl methyl sites for hydroxylation is 1. The van der Waals surface area contributed by atoms with Gasteiger partial charge in [-0.25, -0.2) is 0 Å². The van der Waals surface area contributed by atoms with Crippen molar-refractivity contribution in [2.45, 2.75) is 25.3 Å². The van der Waals surface area contributed by atoms with Gasteiger partial charge in [0.2, 0.25) is 0 Å². The molecule has 0 fully saturated rings. The maximum absolute atomic E-state index is 5.96. The van der Waals surface area contributed by atoms with Gasteiger partial charge in [-0.15, -0.1) is 0 Å². The molecule has 1 N–H and O–H groups in total. The molecule has 0 aliphatic carbocycles. The average Bonchev–Trinajstić information content (AvgIpc) is 2.25. The summed E-state index contributed by atoms with van der Waals surface area (Å²) in [5.74, 6) is 0. The van der Waals surface area contributed by atoms with Gasteiger partial charge < -0.3 is 10.1 Å². The van der Waals surface area contributed by atoms with E-state index < -0.39 is 0 Å². The van der Waals surface area contributed by atoms with Crippen molar-refractivity contribution in [2.24, 2.45) is 0 Å². The van der Waals surface area contributed by atoms with Crippen LogP contribution in [0.3, 0.4) is 0 Å². The summed E-state index contributed by atoms with van der Waals surface area (Å²) in [6.45, 7) is 0.813. The standard InChI is InChI=1S/C12H16ClNO/c1-15-7-6-11-5-3-9-2-4-10(13)8-12(9)14-11/h2,4,8,11,14H,3,5-7H2,1H3. The normalized spacial score (nSPS) is 19.5. The summed E-state index contributed by atoms with van der Waals surface area (Å²) in [4.78, 5) is 0. The molecule has 3 heteroatoms. The van der Waals surface area contributed by atoms with Crippen molar-refractivity contribution in [1.82, 2.24) is 0 Å². The van der Waals surface area contributed by atoms with E-state index in [1.54, 1.807) is 7.11 Å². The Bertz CT molecular complexity index is 340. The molecule has 0 bridgehead atoms. The van der Waals surface area contributed by atoms with E-state index in [4.69, 9.17) is 16.3 Å². The lowest BCUT2D eigenvalue weighted by atomic mass is 9.96. The third-order valence-electron chi connectivity index (χ3n) is 2.86. The lowest BCUT2D eigenvalue weighted by molar-refractivity contribution is 0.188. The van der Waals surface area contributed by atoms with Crippen molar-refractivity contribution in [2.75, 3.05) is 19.0 Å². The van der Waals surface area contributed by atoms with Gasteiger partial charge in [0.25, 0.3) is 0 Å². The number of fused-ring (bicyclic) bond motifs is 1. The Morgan fingerprint density at radius 3 is 3.20 bits per heavy atom. The third kappa shape index (κ3) is 2.64. The maximum Gasteiger partial charge on any atom is 0.0481 e. The highest BCUT2D eigenvalue weighted by molar-refractivity contribution is 6.30. The minimum absolute atomic E-state index is 0.524. The monoisotopic (exact) mass is 225 g/mol. The van der Waals surface area contributed by atoms with Crippen LogP contribution in [0.5, 0.6) is 0 Å². The van der Waals surface area contributed by atoms with E-state index in [9.17, 15) is 0 Å². The lowest BCUT2D eigenvalue weighted by Crippen LogP contribution is -2.26. The zero-order valence-corrected chi connectivity index (χ0v) is 9.68. The highest BCUT2D eigenvalue weighted by Gasteiger charge is 2.17. The molecule has 15 heavy (non-hydrogen) atoms. The zero-order chi connectivity index (χ0) is 10.7. The van der Waals surface area contributed by atoms with Gasteiger partial charge in [-0.3, -0.25) is 0 Å². The topological polar surface area (TPSA) is 21.3 Å². The molecular formula is C12H16ClNO. The number of halogens is 1. The summed E-state index contributed by atoms with van der Waals surface area (Å²) >= 11 is 5.96. The molecule has 2 rings (SSSR count). The first kappa shape index (κ1) is 10.8. The maximum atomic E-state index is 5.96. The van der Waals surface area contributed by atoms with Gasteiger partial charge in [-0.05, 0) is 37.0 Å². The van der Waals surface area contributed by atoms with Gasteiger partial charge in [-0.1, -0.05) is 17.7 Å². The Morgan fingerprint density at radius 1 is 1.53 bits per heavy atom. The van der Waals surface area contributed by atoms with E-state index >= 15 is 0 Å². The van der Waals surface area contributed by atoms with Crippen LogP contribution < -0.4 is 5.32 Å². The summed E-state index contributed by atoms with van der Waals surface area (Å²) in [7, 11) is 1.74. The van der Waals surface area contributed by atoms with Crippen molar-refractivity contribution >= 4 is 17.3 Å². The number of hydrogen-bond acceptors (Lipinski definition) is 2. The second-order valence-corrected chi connectivity index (χ2v) is 4.40. The van der Waals surface area contributed by atoms with E-state index in [2.05, 4.69) is 11.4 Å². The molecular weight excluding hydrogens is 210 g/mol. The minimum Gasteiger partial charge on any atom is -0.385 e. The van der Waals surface area contributed by atoms with E-state index in [0.29, 0.717) is 6.04 Å². The molecule has 1 heterocycles. The molecule has 0 saturated heterocycles. The molecule has 1 atom stereocenters. The van der Waals surface area contributed by atoms with Crippen LogP contribution in [-0.2, 0) is 11.2 Å². The predicted octanol–water partition coefficient (Wildman–Crippen LogP) is 3.10. The second-order valence-electron chi connectivity index (χ2n) is 3.96. The largest absolute Gasteiger partial charge is 0.385 e. The number of anilines is 1. The molecule has 1 unspecified atom stereocenters. The first-order valence-corrected chi connectivity index (χ1v) is 5.71. The van der Waals surface area contributed by atoms with Gasteiger partial charge in [0, 0.05) is 30.5 Å². The van der Waals surface area contributed by atoms with Gasteiger partial charge in [0.15, 0.2) is 0 Å². The Balaban J connectivity index is 2.05. The summed E-state index contributed by atoms with van der Waals surface area (Å²) in [5.41, 5.74) is 2.56. The van der Waals surface area contributed by atoms with Crippen LogP contribution in [0.4, 0.5) is 5.69 Å². The fraction of sp³-hybridized carbons (Fsp3) is 0.500. The van der Waals surface area contributed by atoms with E-state index in [-0.39, 0.29) is 0 Å². The Kier molecular flexibility index (Phi) is 3.49. The quantitative estimate of drug-likeness (QED) is 0.854. The SMILES string of the molecule is COCCC1CCc2ccc(Cl)cc2N1. The second kappa shape index (κ2) is 4.86. The van der Waals surface area contributed by atoms with Crippen LogP contribution in [0, 0.1) is 0 Å². The smallest absolute Gasteiger partial charge is 0.0481 e. The summed E-state index contributed by atoms with van der Waals surface area (Å²) in [6.07, 6.45) is 3.37. The van der Waals surface area contributed by atoms with Crippen molar-refractivity contribution in [3.63, 3.8) is 0 Å². The summed E-state index contributed by atoms with van der Waals surface area (Å²) in [5, 5.41) is 4.31. The van der Waals surface area contributed by atoms with Crippen LogP contribution >= 0.6 is 11.6 Å². The van der Waals surface area contributed by atoms with E-state index in [0.717, 1.165) is 24.5 Å². The Labute approximate surface area is 95.6 Å². The van der Waals surface area contributed by atoms with Crippen LogP contribution in [-0.4, -0.2) is 19.8 Å². The zero-order valence-electron chi connectivity index (χ0n) is 8.92. The Hall–Kier alpha value is -0.730. The molecule has 0 aromatic heterocycles. The Morgan fingerprint density at radius 2 is 2.40 bits per heavy atom. The lowest BCUT2D eigenvalue weighted by Gasteiger charge is -2.27. The molecule has 1 aromatic rings. The molecule has 1 aliphatic rings. The van der Waals surface area contributed by atoms with E-state index in [1.165, 1.54) is 17.7 Å². The molecule has 0 spiro atoms. The van der Waals surface area contributed by atoms with Crippen molar-refractivity contribution in [3.8, 4) is 0 Å². The van der Waals surface area contributed by atoms with Gasteiger partial charge in [0.05, 0.1) is 0 Å². The predicted molar refractivity (Wildman–Crippen MR) is 63.7 cm³/mol. The molecule has 0 radical (unpaired) electrons. The van der Waals surface area contributed by atoms with Crippen LogP contribution in [0.15, 0.2) is 18.2 Å². The molecule has 1 aromatic carbocycles. The average molecular weight is 226 g/mol. The number of rotatable bonds is 3. The molecule has 0 amide bonds. The first-order valence-electron chi connectivity index (χ1n) is 5.33. The van der Waals surface area contributed by atoms with Crippen LogP contribution in [0.25, 0.3) is 0 Å². The van der Waals surface area contributed by atoms with Crippen molar-refractivity contribution < 1.29 is 4.74 Å². The van der Waals surface area contributed by atoms with Gasteiger partial charge >= 0.3 is 0 Å². The van der Waals surface area contributed by atoms with Gasteiger partial charge in [-0.2, -0.15) is 0 Å². The number of methoxy groups -OCH3 is 1. The fourth-order valence-electron chi connectivity index (χ4n) is 2.00. The van der Waals surface area contributed by atoms with E-state index in [1.807, 2.05) is 12.1 Å². The number of hydrogen-bond donors (Lipinski definition) is 1.